The van der Waals surface area contributed by atoms with Gasteiger partial charge in [-0.2, -0.15) is 5.10 Å². The second-order valence-electron chi connectivity index (χ2n) is 6.57. The predicted molar refractivity (Wildman–Crippen MR) is 97.5 cm³/mol. The first-order valence-corrected chi connectivity index (χ1v) is 8.81. The van der Waals surface area contributed by atoms with Crippen molar-refractivity contribution in [2.45, 2.75) is 25.3 Å². The molecule has 1 atom stereocenters. The van der Waals surface area contributed by atoms with Crippen molar-refractivity contribution in [3.05, 3.63) is 47.5 Å². The zero-order valence-corrected chi connectivity index (χ0v) is 14.9. The summed E-state index contributed by atoms with van der Waals surface area (Å²) < 4.78 is 11.1. The number of primary amides is 1. The molecule has 0 bridgehead atoms. The Labute approximate surface area is 155 Å². The topological polar surface area (TPSA) is 114 Å². The minimum Gasteiger partial charge on any atom is -0.493 e. The number of aromatic amines is 1. The van der Waals surface area contributed by atoms with Gasteiger partial charge in [-0.3, -0.25) is 14.7 Å². The number of H-pyrrole nitrogens is 1. The number of methoxy groups -OCH3 is 1. The number of likely N-dealkylation sites (tertiary alicyclic amines) is 1. The van der Waals surface area contributed by atoms with Gasteiger partial charge >= 0.3 is 0 Å². The van der Waals surface area contributed by atoms with Crippen LogP contribution in [0.15, 0.2) is 34.7 Å². The highest BCUT2D eigenvalue weighted by Crippen LogP contribution is 2.34. The van der Waals surface area contributed by atoms with Crippen molar-refractivity contribution < 1.29 is 18.7 Å². The van der Waals surface area contributed by atoms with Gasteiger partial charge in [-0.25, -0.2) is 0 Å². The lowest BCUT2D eigenvalue weighted by Gasteiger charge is -2.34. The number of ether oxygens (including phenoxy) is 1. The number of para-hydroxylation sites is 1. The van der Waals surface area contributed by atoms with Gasteiger partial charge in [-0.15, -0.1) is 0 Å². The first-order chi connectivity index (χ1) is 13.1. The van der Waals surface area contributed by atoms with E-state index in [4.69, 9.17) is 14.9 Å². The Hall–Kier alpha value is -3.29. The molecule has 3 heterocycles. The fourth-order valence-electron chi connectivity index (χ4n) is 3.58. The summed E-state index contributed by atoms with van der Waals surface area (Å²) in [6, 6.07) is 8.65. The van der Waals surface area contributed by atoms with Crippen LogP contribution in [-0.2, 0) is 0 Å². The molecule has 1 aliphatic rings. The van der Waals surface area contributed by atoms with Gasteiger partial charge in [0.05, 0.1) is 18.8 Å². The van der Waals surface area contributed by atoms with Gasteiger partial charge in [0.25, 0.3) is 11.8 Å². The molecule has 27 heavy (non-hydrogen) atoms. The predicted octanol–water partition coefficient (Wildman–Crippen LogP) is 2.63. The quantitative estimate of drug-likeness (QED) is 0.735. The standard InChI is InChI=1S/C19H20N4O4/c1-26-15-7-4-5-11-9-16(27-17(11)15)19(25)23-8-3-2-6-14(23)12-10-13(18(20)24)22-21-12/h4-5,7,9-10,14H,2-3,6,8H2,1H3,(H2,20,24)(H,21,22). The zero-order valence-electron chi connectivity index (χ0n) is 14.9. The molecule has 0 aliphatic carbocycles. The molecule has 3 N–H and O–H groups in total. The third-order valence-electron chi connectivity index (χ3n) is 4.91. The van der Waals surface area contributed by atoms with Crippen LogP contribution in [0.2, 0.25) is 0 Å². The van der Waals surface area contributed by atoms with Crippen molar-refractivity contribution in [3.8, 4) is 5.75 Å². The van der Waals surface area contributed by atoms with E-state index in [9.17, 15) is 9.59 Å². The number of fused-ring (bicyclic) bond motifs is 1. The maximum atomic E-state index is 13.2. The second kappa shape index (κ2) is 6.79. The van der Waals surface area contributed by atoms with Crippen LogP contribution in [0.5, 0.6) is 5.75 Å². The number of nitrogens with two attached hydrogens (primary N) is 1. The molecule has 1 fully saturated rings. The van der Waals surface area contributed by atoms with Crippen molar-refractivity contribution in [1.29, 1.82) is 0 Å². The highest BCUT2D eigenvalue weighted by atomic mass is 16.5. The average molecular weight is 368 g/mol. The van der Waals surface area contributed by atoms with E-state index in [1.807, 2.05) is 12.1 Å². The molecular formula is C19H20N4O4. The van der Waals surface area contributed by atoms with Gasteiger partial charge < -0.3 is 19.8 Å². The van der Waals surface area contributed by atoms with E-state index in [2.05, 4.69) is 10.2 Å². The largest absolute Gasteiger partial charge is 0.493 e. The Morgan fingerprint density at radius 1 is 1.33 bits per heavy atom. The van der Waals surface area contributed by atoms with Crippen molar-refractivity contribution in [1.82, 2.24) is 15.1 Å². The van der Waals surface area contributed by atoms with Gasteiger partial charge in [0.15, 0.2) is 17.1 Å². The normalized spacial score (nSPS) is 17.2. The Bertz CT molecular complexity index is 1010. The van der Waals surface area contributed by atoms with Crippen LogP contribution in [0.1, 0.15) is 52.0 Å². The number of carbonyl (C=O) groups excluding carboxylic acids is 2. The molecule has 0 spiro atoms. The summed E-state index contributed by atoms with van der Waals surface area (Å²) in [6.45, 7) is 0.600. The summed E-state index contributed by atoms with van der Waals surface area (Å²) in [6.07, 6.45) is 2.66. The smallest absolute Gasteiger partial charge is 0.290 e. The number of furan rings is 1. The van der Waals surface area contributed by atoms with Crippen molar-refractivity contribution >= 4 is 22.8 Å². The van der Waals surface area contributed by atoms with Crippen molar-refractivity contribution in [2.24, 2.45) is 5.73 Å². The van der Waals surface area contributed by atoms with Crippen LogP contribution in [0, 0.1) is 0 Å². The van der Waals surface area contributed by atoms with E-state index < -0.39 is 5.91 Å². The molecule has 0 saturated carbocycles. The van der Waals surface area contributed by atoms with Crippen LogP contribution in [0.4, 0.5) is 0 Å². The van der Waals surface area contributed by atoms with Gasteiger partial charge in [-0.1, -0.05) is 12.1 Å². The van der Waals surface area contributed by atoms with E-state index in [1.165, 1.54) is 0 Å². The van der Waals surface area contributed by atoms with Crippen LogP contribution in [-0.4, -0.2) is 40.6 Å². The number of amides is 2. The van der Waals surface area contributed by atoms with E-state index >= 15 is 0 Å². The van der Waals surface area contributed by atoms with E-state index in [0.29, 0.717) is 23.6 Å². The molecule has 2 amide bonds. The highest BCUT2D eigenvalue weighted by molar-refractivity contribution is 5.97. The third-order valence-corrected chi connectivity index (χ3v) is 4.91. The molecule has 8 nitrogen and oxygen atoms in total. The highest BCUT2D eigenvalue weighted by Gasteiger charge is 2.32. The summed E-state index contributed by atoms with van der Waals surface area (Å²) in [7, 11) is 1.56. The Morgan fingerprint density at radius 3 is 2.93 bits per heavy atom. The summed E-state index contributed by atoms with van der Waals surface area (Å²) in [5, 5.41) is 7.59. The number of nitrogens with one attached hydrogen (secondary N) is 1. The molecule has 1 aromatic carbocycles. The summed E-state index contributed by atoms with van der Waals surface area (Å²) in [4.78, 5) is 26.2. The Morgan fingerprint density at radius 2 is 2.19 bits per heavy atom. The van der Waals surface area contributed by atoms with Gasteiger partial charge in [0, 0.05) is 11.9 Å². The zero-order chi connectivity index (χ0) is 19.0. The first-order valence-electron chi connectivity index (χ1n) is 8.81. The minimum absolute atomic E-state index is 0.163. The number of rotatable bonds is 4. The molecule has 3 aromatic rings. The minimum atomic E-state index is -0.601. The van der Waals surface area contributed by atoms with Crippen molar-refractivity contribution in [2.75, 3.05) is 13.7 Å². The molecule has 1 saturated heterocycles. The first kappa shape index (κ1) is 17.1. The second-order valence-corrected chi connectivity index (χ2v) is 6.57. The van der Waals surface area contributed by atoms with Crippen LogP contribution < -0.4 is 10.5 Å². The lowest BCUT2D eigenvalue weighted by Crippen LogP contribution is -2.38. The number of carbonyl (C=O) groups is 2. The molecule has 1 unspecified atom stereocenters. The lowest BCUT2D eigenvalue weighted by molar-refractivity contribution is 0.0575. The van der Waals surface area contributed by atoms with Crippen LogP contribution >= 0.6 is 0 Å². The maximum Gasteiger partial charge on any atom is 0.290 e. The molecule has 140 valence electrons. The molecule has 8 heteroatoms. The Kier molecular flexibility index (Phi) is 4.31. The van der Waals surface area contributed by atoms with Gasteiger partial charge in [-0.05, 0) is 37.5 Å². The van der Waals surface area contributed by atoms with E-state index in [-0.39, 0.29) is 23.4 Å². The number of benzene rings is 1. The monoisotopic (exact) mass is 368 g/mol. The fraction of sp³-hybridized carbons (Fsp3) is 0.316. The van der Waals surface area contributed by atoms with Crippen molar-refractivity contribution in [3.63, 3.8) is 0 Å². The van der Waals surface area contributed by atoms with E-state index in [0.717, 1.165) is 24.6 Å². The molecule has 0 radical (unpaired) electrons. The van der Waals surface area contributed by atoms with Crippen LogP contribution in [0.3, 0.4) is 0 Å². The lowest BCUT2D eigenvalue weighted by atomic mass is 9.98. The van der Waals surface area contributed by atoms with Crippen LogP contribution in [0.25, 0.3) is 11.0 Å². The summed E-state index contributed by atoms with van der Waals surface area (Å²) in [5.41, 5.74) is 6.70. The number of nitrogens with zero attached hydrogens (tertiary/aromatic N) is 2. The number of piperidine rings is 1. The fourth-order valence-corrected chi connectivity index (χ4v) is 3.58. The molecular weight excluding hydrogens is 348 g/mol. The third kappa shape index (κ3) is 3.03. The maximum absolute atomic E-state index is 13.2. The molecule has 4 rings (SSSR count). The van der Waals surface area contributed by atoms with Gasteiger partial charge in [0.2, 0.25) is 0 Å². The summed E-state index contributed by atoms with van der Waals surface area (Å²) in [5.74, 6) is 0.0428. The van der Waals surface area contributed by atoms with E-state index in [1.54, 1.807) is 30.2 Å². The number of hydrogen-bond donors (Lipinski definition) is 2. The average Bonchev–Trinajstić information content (AvgIpc) is 3.34. The Balaban J connectivity index is 1.67. The summed E-state index contributed by atoms with van der Waals surface area (Å²) >= 11 is 0. The van der Waals surface area contributed by atoms with Gasteiger partial charge in [0.1, 0.15) is 5.69 Å². The number of hydrogen-bond acceptors (Lipinski definition) is 5. The number of aromatic nitrogens is 2. The SMILES string of the molecule is COc1cccc2cc(C(=O)N3CCCCC3c3cc(C(N)=O)n[nH]3)oc12. The molecule has 1 aliphatic heterocycles. The molecule has 2 aromatic heterocycles.